The van der Waals surface area contributed by atoms with E-state index in [0.717, 1.165) is 43.0 Å². The van der Waals surface area contributed by atoms with Crippen molar-refractivity contribution in [3.8, 4) is 0 Å². The second-order valence-electron chi connectivity index (χ2n) is 7.86. The smallest absolute Gasteiger partial charge is 0.269 e. The van der Waals surface area contributed by atoms with Crippen LogP contribution in [0.4, 0.5) is 11.4 Å². The van der Waals surface area contributed by atoms with Gasteiger partial charge in [0, 0.05) is 42.5 Å². The van der Waals surface area contributed by atoms with E-state index in [0.29, 0.717) is 17.4 Å². The number of thioether (sulfide) groups is 1. The standard InChI is InChI=1S/C22H23ClN4O2S/c1-15-6-7-16(12-18(15)23)27-20(28)13-30-22(27)17-4-2-3-5-19(17)26(21(22)29)14-25-10-8-24-9-11-25/h2-7,12,24H,8-11,13-14H2,1H3. The van der Waals surface area contributed by atoms with Crippen LogP contribution >= 0.6 is 23.4 Å². The third-order valence-electron chi connectivity index (χ3n) is 6.03. The lowest BCUT2D eigenvalue weighted by Gasteiger charge is -2.35. The van der Waals surface area contributed by atoms with Crippen molar-refractivity contribution in [2.75, 3.05) is 48.4 Å². The van der Waals surface area contributed by atoms with Crippen LogP contribution in [-0.2, 0) is 14.5 Å². The first-order valence-corrected chi connectivity index (χ1v) is 11.5. The van der Waals surface area contributed by atoms with Crippen LogP contribution in [0, 0.1) is 6.92 Å². The van der Waals surface area contributed by atoms with Gasteiger partial charge in [0.05, 0.1) is 18.1 Å². The summed E-state index contributed by atoms with van der Waals surface area (Å²) in [6.07, 6.45) is 0. The minimum Gasteiger partial charge on any atom is -0.314 e. The zero-order valence-corrected chi connectivity index (χ0v) is 18.3. The number of benzene rings is 2. The average Bonchev–Trinajstić information content (AvgIpc) is 3.22. The summed E-state index contributed by atoms with van der Waals surface area (Å²) in [5.74, 6) is 0.120. The molecular weight excluding hydrogens is 420 g/mol. The number of carbonyl (C=O) groups is 2. The molecule has 2 saturated heterocycles. The Bertz CT molecular complexity index is 1030. The van der Waals surface area contributed by atoms with E-state index in [1.165, 1.54) is 11.8 Å². The van der Waals surface area contributed by atoms with Crippen LogP contribution in [0.5, 0.6) is 0 Å². The van der Waals surface area contributed by atoms with Gasteiger partial charge in [-0.25, -0.2) is 0 Å². The molecule has 3 aliphatic heterocycles. The molecule has 8 heteroatoms. The van der Waals surface area contributed by atoms with Gasteiger partial charge in [-0.15, -0.1) is 11.8 Å². The maximum Gasteiger partial charge on any atom is 0.269 e. The summed E-state index contributed by atoms with van der Waals surface area (Å²) in [6.45, 7) is 6.06. The number of halogens is 1. The molecule has 1 atom stereocenters. The predicted octanol–water partition coefficient (Wildman–Crippen LogP) is 2.79. The summed E-state index contributed by atoms with van der Waals surface area (Å²) < 4.78 is 0. The largest absolute Gasteiger partial charge is 0.314 e. The fourth-order valence-electron chi connectivity index (χ4n) is 4.47. The lowest BCUT2D eigenvalue weighted by atomic mass is 10.0. The Morgan fingerprint density at radius 3 is 2.67 bits per heavy atom. The molecule has 0 aliphatic carbocycles. The quantitative estimate of drug-likeness (QED) is 0.792. The lowest BCUT2D eigenvalue weighted by Crippen LogP contribution is -2.53. The zero-order chi connectivity index (χ0) is 20.9. The first-order valence-electron chi connectivity index (χ1n) is 10.1. The van der Waals surface area contributed by atoms with E-state index < -0.39 is 4.87 Å². The van der Waals surface area contributed by atoms with Crippen LogP contribution in [0.1, 0.15) is 11.1 Å². The van der Waals surface area contributed by atoms with E-state index in [9.17, 15) is 9.59 Å². The van der Waals surface area contributed by atoms with Crippen molar-refractivity contribution in [1.29, 1.82) is 0 Å². The highest BCUT2D eigenvalue weighted by molar-refractivity contribution is 8.02. The summed E-state index contributed by atoms with van der Waals surface area (Å²) in [5, 5.41) is 3.93. The van der Waals surface area contributed by atoms with E-state index in [1.54, 1.807) is 11.0 Å². The van der Waals surface area contributed by atoms with Gasteiger partial charge in [0.2, 0.25) is 10.8 Å². The van der Waals surface area contributed by atoms with E-state index in [-0.39, 0.29) is 17.6 Å². The van der Waals surface area contributed by atoms with Crippen molar-refractivity contribution in [3.63, 3.8) is 0 Å². The summed E-state index contributed by atoms with van der Waals surface area (Å²) in [5.41, 5.74) is 3.35. The minimum atomic E-state index is -1.08. The molecule has 0 bridgehead atoms. The van der Waals surface area contributed by atoms with Gasteiger partial charge in [0.1, 0.15) is 0 Å². The second kappa shape index (κ2) is 7.57. The molecule has 5 rings (SSSR count). The number of para-hydroxylation sites is 1. The van der Waals surface area contributed by atoms with Crippen LogP contribution in [-0.4, -0.2) is 55.3 Å². The first kappa shape index (κ1) is 19.9. The maximum atomic E-state index is 14.0. The molecule has 2 fully saturated rings. The van der Waals surface area contributed by atoms with Crippen LogP contribution in [0.2, 0.25) is 5.02 Å². The highest BCUT2D eigenvalue weighted by Gasteiger charge is 2.61. The molecule has 0 aromatic heterocycles. The Kier molecular flexibility index (Phi) is 5.01. The molecule has 0 radical (unpaired) electrons. The van der Waals surface area contributed by atoms with Crippen LogP contribution in [0.3, 0.4) is 0 Å². The van der Waals surface area contributed by atoms with Crippen molar-refractivity contribution in [2.24, 2.45) is 0 Å². The molecule has 156 valence electrons. The molecule has 6 nitrogen and oxygen atoms in total. The molecule has 0 saturated carbocycles. The van der Waals surface area contributed by atoms with Gasteiger partial charge < -0.3 is 5.32 Å². The number of nitrogens with one attached hydrogen (secondary N) is 1. The fourth-order valence-corrected chi connectivity index (χ4v) is 6.00. The van der Waals surface area contributed by atoms with Gasteiger partial charge in [-0.05, 0) is 30.7 Å². The maximum absolute atomic E-state index is 14.0. The van der Waals surface area contributed by atoms with Crippen LogP contribution in [0.25, 0.3) is 0 Å². The summed E-state index contributed by atoms with van der Waals surface area (Å²) in [4.78, 5) is 31.7. The Labute approximate surface area is 185 Å². The van der Waals surface area contributed by atoms with E-state index in [2.05, 4.69) is 10.2 Å². The average molecular weight is 443 g/mol. The Morgan fingerprint density at radius 2 is 1.90 bits per heavy atom. The third kappa shape index (κ3) is 2.95. The second-order valence-corrected chi connectivity index (χ2v) is 9.43. The number of nitrogens with zero attached hydrogens (tertiary/aromatic N) is 3. The van der Waals surface area contributed by atoms with Crippen molar-refractivity contribution >= 4 is 46.6 Å². The number of hydrogen-bond donors (Lipinski definition) is 1. The minimum absolute atomic E-state index is 0.0604. The number of hydrogen-bond acceptors (Lipinski definition) is 5. The number of fused-ring (bicyclic) bond motifs is 2. The van der Waals surface area contributed by atoms with Gasteiger partial charge in [0.15, 0.2) is 0 Å². The van der Waals surface area contributed by atoms with Crippen LogP contribution in [0.15, 0.2) is 42.5 Å². The number of rotatable bonds is 3. The molecular formula is C22H23ClN4O2S. The monoisotopic (exact) mass is 442 g/mol. The Hall–Kier alpha value is -2.06. The molecule has 2 aromatic carbocycles. The fraction of sp³-hybridized carbons (Fsp3) is 0.364. The molecule has 1 N–H and O–H groups in total. The van der Waals surface area contributed by atoms with Crippen molar-refractivity contribution < 1.29 is 9.59 Å². The van der Waals surface area contributed by atoms with Gasteiger partial charge in [-0.2, -0.15) is 0 Å². The van der Waals surface area contributed by atoms with E-state index >= 15 is 0 Å². The Morgan fingerprint density at radius 1 is 1.13 bits per heavy atom. The van der Waals surface area contributed by atoms with Crippen molar-refractivity contribution in [3.05, 3.63) is 58.6 Å². The Balaban J connectivity index is 1.60. The SMILES string of the molecule is Cc1ccc(N2C(=O)CSC23C(=O)N(CN2CCNCC2)c2ccccc23)cc1Cl. The number of amides is 2. The lowest BCUT2D eigenvalue weighted by molar-refractivity contribution is -0.124. The molecule has 1 spiro atoms. The number of piperazine rings is 1. The van der Waals surface area contributed by atoms with Crippen molar-refractivity contribution in [2.45, 2.75) is 11.8 Å². The molecule has 3 aliphatic rings. The van der Waals surface area contributed by atoms with E-state index in [4.69, 9.17) is 11.6 Å². The highest BCUT2D eigenvalue weighted by Crippen LogP contribution is 2.55. The molecule has 1 unspecified atom stereocenters. The van der Waals surface area contributed by atoms with Gasteiger partial charge >= 0.3 is 0 Å². The zero-order valence-electron chi connectivity index (χ0n) is 16.7. The van der Waals surface area contributed by atoms with Gasteiger partial charge in [-0.1, -0.05) is 35.9 Å². The molecule has 3 heterocycles. The summed E-state index contributed by atoms with van der Waals surface area (Å²) in [7, 11) is 0. The predicted molar refractivity (Wildman–Crippen MR) is 121 cm³/mol. The van der Waals surface area contributed by atoms with E-state index in [1.807, 2.05) is 48.2 Å². The van der Waals surface area contributed by atoms with Gasteiger partial charge in [-0.3, -0.25) is 24.3 Å². The normalized spacial score (nSPS) is 24.2. The number of aryl methyl sites for hydroxylation is 1. The topological polar surface area (TPSA) is 55.9 Å². The highest BCUT2D eigenvalue weighted by atomic mass is 35.5. The summed E-state index contributed by atoms with van der Waals surface area (Å²) >= 11 is 7.78. The number of carbonyl (C=O) groups excluding carboxylic acids is 2. The number of anilines is 2. The molecule has 30 heavy (non-hydrogen) atoms. The molecule has 2 aromatic rings. The summed E-state index contributed by atoms with van der Waals surface area (Å²) in [6, 6.07) is 13.4. The van der Waals surface area contributed by atoms with Crippen LogP contribution < -0.4 is 15.1 Å². The third-order valence-corrected chi connectivity index (χ3v) is 7.82. The first-order chi connectivity index (χ1) is 14.5. The van der Waals surface area contributed by atoms with Crippen molar-refractivity contribution in [1.82, 2.24) is 10.2 Å². The van der Waals surface area contributed by atoms with Gasteiger partial charge in [0.25, 0.3) is 5.91 Å². The molecule has 2 amide bonds.